The second-order valence-electron chi connectivity index (χ2n) is 15.4. The van der Waals surface area contributed by atoms with Crippen LogP contribution in [0, 0.1) is 20.2 Å². The summed E-state index contributed by atoms with van der Waals surface area (Å²) >= 11 is 0. The van der Waals surface area contributed by atoms with Crippen molar-refractivity contribution in [3.05, 3.63) is 128 Å². The third-order valence-corrected chi connectivity index (χ3v) is 10.0. The second kappa shape index (κ2) is 26.9. The topological polar surface area (TPSA) is 358 Å². The van der Waals surface area contributed by atoms with Gasteiger partial charge >= 0.3 is 24.1 Å². The third kappa shape index (κ3) is 16.5. The summed E-state index contributed by atoms with van der Waals surface area (Å²) in [6.45, 7) is 2.22. The first kappa shape index (κ1) is 57.5. The fraction of sp³-hybridized carbons (Fsp3) is 0.250. The Kier molecular flexibility index (Phi) is 20.7. The van der Waals surface area contributed by atoms with Crippen molar-refractivity contribution in [2.75, 3.05) is 38.2 Å². The summed E-state index contributed by atoms with van der Waals surface area (Å²) in [5.74, 6) is -2.31. The first-order chi connectivity index (χ1) is 35.6. The number of imide groups is 2. The van der Waals surface area contributed by atoms with E-state index in [1.807, 2.05) is 0 Å². The molecule has 6 amide bonds. The van der Waals surface area contributed by atoms with E-state index in [1.54, 1.807) is 6.92 Å². The van der Waals surface area contributed by atoms with Crippen molar-refractivity contribution in [2.45, 2.75) is 52.0 Å². The highest BCUT2D eigenvalue weighted by atomic mass is 16.6. The Morgan fingerprint density at radius 3 is 1.27 bits per heavy atom. The van der Waals surface area contributed by atoms with E-state index >= 15 is 0 Å². The molecule has 27 heteroatoms. The number of aromatic hydroxyl groups is 1. The van der Waals surface area contributed by atoms with Crippen LogP contribution in [0.15, 0.2) is 97.1 Å². The minimum Gasteiger partial charge on any atom is -0.508 e. The maximum absolute atomic E-state index is 12.2. The van der Waals surface area contributed by atoms with Crippen molar-refractivity contribution in [2.24, 2.45) is 0 Å². The molecule has 0 fully saturated rings. The van der Waals surface area contributed by atoms with E-state index in [2.05, 4.69) is 10.6 Å². The lowest BCUT2D eigenvalue weighted by Gasteiger charge is -2.15. The number of rotatable bonds is 19. The van der Waals surface area contributed by atoms with Gasteiger partial charge in [-0.05, 0) is 74.5 Å². The largest absolute Gasteiger partial charge is 0.508 e. The fourth-order valence-electron chi connectivity index (χ4n) is 6.53. The summed E-state index contributed by atoms with van der Waals surface area (Å²) in [5.41, 5.74) is 0.372. The number of carbonyl (C=O) groups excluding carboxylic acids is 7. The lowest BCUT2D eigenvalue weighted by molar-refractivity contribution is -0.386. The van der Waals surface area contributed by atoms with Crippen LogP contribution in [0.3, 0.4) is 0 Å². The molecule has 2 heterocycles. The van der Waals surface area contributed by atoms with E-state index < -0.39 is 64.5 Å². The van der Waals surface area contributed by atoms with E-state index in [0.717, 1.165) is 22.0 Å². The van der Waals surface area contributed by atoms with Gasteiger partial charge in [-0.25, -0.2) is 19.4 Å². The molecule has 0 aromatic heterocycles. The summed E-state index contributed by atoms with van der Waals surface area (Å²) in [5, 5.41) is 44.9. The van der Waals surface area contributed by atoms with Crippen LogP contribution >= 0.6 is 0 Å². The van der Waals surface area contributed by atoms with Crippen molar-refractivity contribution in [3.8, 4) is 34.5 Å². The fourth-order valence-corrected chi connectivity index (χ4v) is 6.53. The number of carboxylic acid groups (broad SMARTS) is 1. The minimum absolute atomic E-state index is 0.0846. The average Bonchev–Trinajstić information content (AvgIpc) is 3.89. The smallest absolute Gasteiger partial charge is 0.407 e. The van der Waals surface area contributed by atoms with Gasteiger partial charge in [0.15, 0.2) is 23.0 Å². The van der Waals surface area contributed by atoms with Crippen LogP contribution in [0.4, 0.5) is 32.3 Å². The summed E-state index contributed by atoms with van der Waals surface area (Å²) in [7, 11) is 5.41. The number of carbonyl (C=O) groups is 8. The zero-order chi connectivity index (χ0) is 55.5. The molecule has 2 unspecified atom stereocenters. The van der Waals surface area contributed by atoms with Gasteiger partial charge in [0.25, 0.3) is 35.0 Å². The molecule has 0 radical (unpaired) electrons. The van der Waals surface area contributed by atoms with Gasteiger partial charge in [-0.1, -0.05) is 0 Å². The molecular formula is C48H48N6O21. The molecule has 2 aliphatic rings. The summed E-state index contributed by atoms with van der Waals surface area (Å²) in [4.78, 5) is 116. The SMILES string of the molecule is COc1cc(COC(=O)NC(C)CC(=O)O)c([N+](=O)[O-])cc1OC.COc1cc(COC(=O)NC(C)CC(=O)Oc2ccc(N3C(=O)C=CC3=O)cc2)c([N+](=O)[O-])cc1OC.O=C1C=CC(=O)N1c1ccc(O)cc1. The number of nitro benzene ring substituents is 2. The Morgan fingerprint density at radius 2 is 0.920 bits per heavy atom. The van der Waals surface area contributed by atoms with Gasteiger partial charge in [-0.2, -0.15) is 0 Å². The van der Waals surface area contributed by atoms with Gasteiger partial charge in [-0.15, -0.1) is 0 Å². The van der Waals surface area contributed by atoms with Crippen molar-refractivity contribution in [1.29, 1.82) is 0 Å². The van der Waals surface area contributed by atoms with Crippen LogP contribution in [0.25, 0.3) is 0 Å². The number of nitro groups is 2. The van der Waals surface area contributed by atoms with Crippen molar-refractivity contribution >= 4 is 70.5 Å². The Hall–Kier alpha value is -10.1. The maximum atomic E-state index is 12.2. The zero-order valence-corrected chi connectivity index (χ0v) is 40.7. The standard InChI is InChI=1S/C24H23N3O10.C14H18N2O8.C10H7NO3/c1-14(10-23(30)37-17-6-4-16(5-7-17)26-21(28)8-9-22(26)29)25-24(31)36-13-15-11-19(34-2)20(35-3)12-18(15)27(32)33;1-8(4-13(17)18)15-14(19)24-7-9-5-11(22-2)12(23-3)6-10(9)16(20)21;12-8-3-1-7(2-4-8)11-9(13)5-6-10(11)14/h4-9,11-12,14H,10,13H2,1-3H3,(H,25,31);5-6,8H,4,7H2,1-3H3,(H,15,19)(H,17,18);1-6,12H. The molecule has 0 aliphatic carbocycles. The summed E-state index contributed by atoms with van der Waals surface area (Å²) in [6.07, 6.45) is 2.49. The number of phenolic OH excluding ortho intramolecular Hbond substituents is 1. The summed E-state index contributed by atoms with van der Waals surface area (Å²) in [6, 6.07) is 15.3. The van der Waals surface area contributed by atoms with Crippen LogP contribution < -0.4 is 44.1 Å². The van der Waals surface area contributed by atoms with E-state index in [1.165, 1.54) is 120 Å². The minimum atomic E-state index is -1.07. The van der Waals surface area contributed by atoms with Crippen molar-refractivity contribution in [1.82, 2.24) is 10.6 Å². The quantitative estimate of drug-likeness (QED) is 0.0309. The molecular weight excluding hydrogens is 997 g/mol. The van der Waals surface area contributed by atoms with Gasteiger partial charge in [-0.3, -0.25) is 49.0 Å². The monoisotopic (exact) mass is 1040 g/mol. The highest BCUT2D eigenvalue weighted by molar-refractivity contribution is 6.28. The number of anilines is 2. The van der Waals surface area contributed by atoms with Crippen LogP contribution in [0.5, 0.6) is 34.5 Å². The van der Waals surface area contributed by atoms with Gasteiger partial charge < -0.3 is 54.0 Å². The molecule has 75 heavy (non-hydrogen) atoms. The molecule has 4 N–H and O–H groups in total. The molecule has 0 bridgehead atoms. The molecule has 4 aromatic carbocycles. The van der Waals surface area contributed by atoms with Gasteiger partial charge in [0.1, 0.15) is 24.7 Å². The number of amides is 6. The molecule has 0 saturated carbocycles. The predicted molar refractivity (Wildman–Crippen MR) is 258 cm³/mol. The number of carboxylic acids is 1. The van der Waals surface area contributed by atoms with Gasteiger partial charge in [0.2, 0.25) is 0 Å². The molecule has 6 rings (SSSR count). The number of hydrogen-bond acceptors (Lipinski definition) is 20. The number of alkyl carbamates (subject to hydrolysis) is 2. The average molecular weight is 1040 g/mol. The molecule has 4 aromatic rings. The Bertz CT molecular complexity index is 2850. The Labute approximate surface area is 425 Å². The first-order valence-corrected chi connectivity index (χ1v) is 21.7. The zero-order valence-electron chi connectivity index (χ0n) is 40.7. The highest BCUT2D eigenvalue weighted by Crippen LogP contribution is 2.36. The van der Waals surface area contributed by atoms with Crippen LogP contribution in [0.1, 0.15) is 37.8 Å². The summed E-state index contributed by atoms with van der Waals surface area (Å²) < 4.78 is 35.4. The van der Waals surface area contributed by atoms with Crippen molar-refractivity contribution < 1.29 is 91.6 Å². The second-order valence-corrected chi connectivity index (χ2v) is 15.4. The van der Waals surface area contributed by atoms with E-state index in [0.29, 0.717) is 11.4 Å². The van der Waals surface area contributed by atoms with Gasteiger partial charge in [0.05, 0.1) is 85.8 Å². The lowest BCUT2D eigenvalue weighted by atomic mass is 10.1. The lowest BCUT2D eigenvalue weighted by Crippen LogP contribution is -2.35. The molecule has 0 saturated heterocycles. The Morgan fingerprint density at radius 1 is 0.573 bits per heavy atom. The molecule has 396 valence electrons. The van der Waals surface area contributed by atoms with E-state index in [4.69, 9.17) is 43.4 Å². The number of hydrogen-bond donors (Lipinski definition) is 4. The number of ether oxygens (including phenoxy) is 7. The number of nitrogens with one attached hydrogen (secondary N) is 2. The maximum Gasteiger partial charge on any atom is 0.407 e. The Balaban J connectivity index is 0.000000272. The number of benzene rings is 4. The van der Waals surface area contributed by atoms with Crippen molar-refractivity contribution in [3.63, 3.8) is 0 Å². The first-order valence-electron chi connectivity index (χ1n) is 21.7. The van der Waals surface area contributed by atoms with Crippen LogP contribution in [0.2, 0.25) is 0 Å². The normalized spacial score (nSPS) is 13.0. The molecule has 27 nitrogen and oxygen atoms in total. The van der Waals surface area contributed by atoms with E-state index in [-0.39, 0.29) is 88.3 Å². The third-order valence-electron chi connectivity index (χ3n) is 10.0. The van der Waals surface area contributed by atoms with E-state index in [9.17, 15) is 58.6 Å². The number of nitrogens with zero attached hydrogens (tertiary/aromatic N) is 4. The number of aliphatic carboxylic acids is 1. The number of methoxy groups -OCH3 is 4. The molecule has 2 aliphatic heterocycles. The highest BCUT2D eigenvalue weighted by Gasteiger charge is 2.27. The van der Waals surface area contributed by atoms with Crippen LogP contribution in [-0.4, -0.2) is 108 Å². The predicted octanol–water partition coefficient (Wildman–Crippen LogP) is 5.17. The number of phenols is 1. The molecule has 2 atom stereocenters. The number of esters is 1. The van der Waals surface area contributed by atoms with Crippen LogP contribution in [-0.2, 0) is 51.5 Å². The van der Waals surface area contributed by atoms with Gasteiger partial charge in [0, 0.05) is 36.4 Å². The molecule has 0 spiro atoms.